The Labute approximate surface area is 151 Å². The van der Waals surface area contributed by atoms with Gasteiger partial charge < -0.3 is 9.84 Å². The van der Waals surface area contributed by atoms with Gasteiger partial charge in [0, 0.05) is 5.75 Å². The highest BCUT2D eigenvalue weighted by Gasteiger charge is 2.12. The molecule has 3 rings (SSSR count). The van der Waals surface area contributed by atoms with Gasteiger partial charge in [-0.2, -0.15) is 0 Å². The molecule has 1 aromatic heterocycles. The Balaban J connectivity index is 1.57. The van der Waals surface area contributed by atoms with Gasteiger partial charge in [-0.3, -0.25) is 4.57 Å². The maximum absolute atomic E-state index is 10.2. The van der Waals surface area contributed by atoms with Crippen molar-refractivity contribution in [1.82, 2.24) is 14.8 Å². The number of hydrogen-bond donors (Lipinski definition) is 1. The van der Waals surface area contributed by atoms with Crippen LogP contribution in [0.3, 0.4) is 0 Å². The molecular formula is C19H21N3O2S. The van der Waals surface area contributed by atoms with Crippen LogP contribution in [0.2, 0.25) is 0 Å². The normalized spacial score (nSPS) is 12.1. The first-order valence-corrected chi connectivity index (χ1v) is 9.08. The van der Waals surface area contributed by atoms with Crippen LogP contribution in [0.5, 0.6) is 5.75 Å². The lowest BCUT2D eigenvalue weighted by Crippen LogP contribution is -2.20. The molecule has 1 N–H and O–H groups in total. The quantitative estimate of drug-likeness (QED) is 0.658. The van der Waals surface area contributed by atoms with Gasteiger partial charge in [-0.1, -0.05) is 42.1 Å². The van der Waals surface area contributed by atoms with Crippen molar-refractivity contribution in [2.75, 3.05) is 12.4 Å². The van der Waals surface area contributed by atoms with Crippen LogP contribution < -0.4 is 4.74 Å². The average molecular weight is 355 g/mol. The summed E-state index contributed by atoms with van der Waals surface area (Å²) in [6.45, 7) is 4.31. The highest BCUT2D eigenvalue weighted by Crippen LogP contribution is 2.22. The molecule has 0 radical (unpaired) electrons. The summed E-state index contributed by atoms with van der Waals surface area (Å²) in [7, 11) is 0. The highest BCUT2D eigenvalue weighted by atomic mass is 32.2. The molecule has 0 spiro atoms. The Morgan fingerprint density at radius 2 is 2.00 bits per heavy atom. The van der Waals surface area contributed by atoms with Crippen molar-refractivity contribution in [2.24, 2.45) is 0 Å². The van der Waals surface area contributed by atoms with Gasteiger partial charge in [0.25, 0.3) is 0 Å². The minimum Gasteiger partial charge on any atom is -0.491 e. The molecule has 0 aliphatic carbocycles. The van der Waals surface area contributed by atoms with E-state index in [9.17, 15) is 5.11 Å². The Kier molecular flexibility index (Phi) is 5.73. The summed E-state index contributed by atoms with van der Waals surface area (Å²) in [6, 6.07) is 15.9. The molecule has 6 heteroatoms. The van der Waals surface area contributed by atoms with Crippen LogP contribution in [0.4, 0.5) is 0 Å². The first-order chi connectivity index (χ1) is 12.1. The third-order valence-corrected chi connectivity index (χ3v) is 4.82. The fourth-order valence-electron chi connectivity index (χ4n) is 2.44. The number of rotatable bonds is 7. The number of benzene rings is 2. The summed E-state index contributed by atoms with van der Waals surface area (Å²) in [5.74, 6) is 1.25. The topological polar surface area (TPSA) is 60.2 Å². The zero-order valence-electron chi connectivity index (χ0n) is 14.3. The fourth-order valence-corrected chi connectivity index (χ4v) is 3.27. The molecule has 3 aromatic rings. The van der Waals surface area contributed by atoms with E-state index in [1.807, 2.05) is 66.9 Å². The van der Waals surface area contributed by atoms with Crippen molar-refractivity contribution >= 4 is 11.8 Å². The van der Waals surface area contributed by atoms with E-state index in [0.717, 1.165) is 27.7 Å². The molecule has 25 heavy (non-hydrogen) atoms. The highest BCUT2D eigenvalue weighted by molar-refractivity contribution is 7.99. The molecule has 0 fully saturated rings. The average Bonchev–Trinajstić information content (AvgIpc) is 3.07. The lowest BCUT2D eigenvalue weighted by molar-refractivity contribution is 0.126. The van der Waals surface area contributed by atoms with Crippen molar-refractivity contribution in [3.05, 3.63) is 66.0 Å². The van der Waals surface area contributed by atoms with Crippen molar-refractivity contribution < 1.29 is 9.84 Å². The summed E-state index contributed by atoms with van der Waals surface area (Å²) in [5.41, 5.74) is 3.32. The molecular weight excluding hydrogens is 334 g/mol. The van der Waals surface area contributed by atoms with Gasteiger partial charge >= 0.3 is 0 Å². The Morgan fingerprint density at radius 3 is 2.80 bits per heavy atom. The van der Waals surface area contributed by atoms with E-state index >= 15 is 0 Å². The monoisotopic (exact) mass is 355 g/mol. The zero-order valence-corrected chi connectivity index (χ0v) is 15.1. The van der Waals surface area contributed by atoms with Crippen LogP contribution in [-0.4, -0.2) is 38.3 Å². The second kappa shape index (κ2) is 8.18. The third-order valence-electron chi connectivity index (χ3n) is 3.73. The lowest BCUT2D eigenvalue weighted by Gasteiger charge is -2.13. The van der Waals surface area contributed by atoms with E-state index < -0.39 is 6.10 Å². The zero-order chi connectivity index (χ0) is 17.6. The van der Waals surface area contributed by atoms with Crippen LogP contribution in [-0.2, 0) is 0 Å². The maximum atomic E-state index is 10.2. The summed E-state index contributed by atoms with van der Waals surface area (Å²) >= 11 is 1.46. The lowest BCUT2D eigenvalue weighted by atomic mass is 10.2. The number of ether oxygens (including phenoxy) is 1. The second-order valence-corrected chi connectivity index (χ2v) is 6.85. The van der Waals surface area contributed by atoms with Gasteiger partial charge in [0.1, 0.15) is 18.7 Å². The maximum Gasteiger partial charge on any atom is 0.195 e. The van der Waals surface area contributed by atoms with Crippen molar-refractivity contribution in [2.45, 2.75) is 25.1 Å². The second-order valence-electron chi connectivity index (χ2n) is 5.86. The molecule has 130 valence electrons. The van der Waals surface area contributed by atoms with Gasteiger partial charge in [-0.15, -0.1) is 10.2 Å². The van der Waals surface area contributed by atoms with Crippen LogP contribution in [0.25, 0.3) is 5.69 Å². The number of nitrogens with zero attached hydrogens (tertiary/aromatic N) is 3. The standard InChI is InChI=1S/C19H21N3O2S/c1-14-6-5-8-17(10-14)24-11-16(23)12-25-19-21-20-13-22(19)18-9-4-3-7-15(18)2/h3-10,13,16,23H,11-12H2,1-2H3. The predicted octanol–water partition coefficient (Wildman–Crippen LogP) is 3.42. The number of hydrogen-bond acceptors (Lipinski definition) is 5. The van der Waals surface area contributed by atoms with E-state index in [2.05, 4.69) is 10.2 Å². The van der Waals surface area contributed by atoms with Gasteiger partial charge in [-0.05, 0) is 43.2 Å². The molecule has 0 amide bonds. The van der Waals surface area contributed by atoms with Crippen LogP contribution in [0, 0.1) is 13.8 Å². The van der Waals surface area contributed by atoms with Crippen molar-refractivity contribution in [3.8, 4) is 11.4 Å². The molecule has 2 aromatic carbocycles. The smallest absolute Gasteiger partial charge is 0.195 e. The van der Waals surface area contributed by atoms with E-state index in [-0.39, 0.29) is 6.61 Å². The minimum atomic E-state index is -0.590. The molecule has 5 nitrogen and oxygen atoms in total. The first-order valence-electron chi connectivity index (χ1n) is 8.10. The molecule has 0 aliphatic rings. The summed E-state index contributed by atoms with van der Waals surface area (Å²) in [5, 5.41) is 19.1. The molecule has 1 atom stereocenters. The van der Waals surface area contributed by atoms with Crippen LogP contribution >= 0.6 is 11.8 Å². The number of thioether (sulfide) groups is 1. The Morgan fingerprint density at radius 1 is 1.16 bits per heavy atom. The number of aliphatic hydroxyl groups excluding tert-OH is 1. The van der Waals surface area contributed by atoms with Gasteiger partial charge in [0.15, 0.2) is 5.16 Å². The van der Waals surface area contributed by atoms with Crippen LogP contribution in [0.15, 0.2) is 60.0 Å². The number of aryl methyl sites for hydroxylation is 2. The molecule has 1 heterocycles. The molecule has 1 unspecified atom stereocenters. The Bertz CT molecular complexity index is 835. The summed E-state index contributed by atoms with van der Waals surface area (Å²) in [4.78, 5) is 0. The summed E-state index contributed by atoms with van der Waals surface area (Å²) in [6.07, 6.45) is 1.10. The van der Waals surface area contributed by atoms with Gasteiger partial charge in [0.05, 0.1) is 11.8 Å². The van der Waals surface area contributed by atoms with Gasteiger partial charge in [-0.25, -0.2) is 0 Å². The molecule has 0 bridgehead atoms. The van der Waals surface area contributed by atoms with Gasteiger partial charge in [0.2, 0.25) is 0 Å². The predicted molar refractivity (Wildman–Crippen MR) is 99.5 cm³/mol. The van der Waals surface area contributed by atoms with Crippen molar-refractivity contribution in [3.63, 3.8) is 0 Å². The van der Waals surface area contributed by atoms with E-state index in [1.165, 1.54) is 11.8 Å². The summed E-state index contributed by atoms with van der Waals surface area (Å²) < 4.78 is 7.58. The van der Waals surface area contributed by atoms with E-state index in [4.69, 9.17) is 4.74 Å². The number of para-hydroxylation sites is 1. The Hall–Kier alpha value is -2.31. The largest absolute Gasteiger partial charge is 0.491 e. The first kappa shape index (κ1) is 17.5. The third kappa shape index (κ3) is 4.61. The van der Waals surface area contributed by atoms with E-state index in [1.54, 1.807) is 6.33 Å². The fraction of sp³-hybridized carbons (Fsp3) is 0.263. The van der Waals surface area contributed by atoms with Crippen LogP contribution in [0.1, 0.15) is 11.1 Å². The molecule has 0 saturated carbocycles. The molecule has 0 aliphatic heterocycles. The van der Waals surface area contributed by atoms with E-state index in [0.29, 0.717) is 5.75 Å². The molecule has 0 saturated heterocycles. The number of aromatic nitrogens is 3. The minimum absolute atomic E-state index is 0.245. The van der Waals surface area contributed by atoms with Crippen molar-refractivity contribution in [1.29, 1.82) is 0 Å². The SMILES string of the molecule is Cc1cccc(OCC(O)CSc2nncn2-c2ccccc2C)c1. The number of aliphatic hydroxyl groups is 1.